The molecule has 1 heterocycles. The highest BCUT2D eigenvalue weighted by Crippen LogP contribution is 2.36. The molecule has 2 atom stereocenters. The Morgan fingerprint density at radius 3 is 2.60 bits per heavy atom. The van der Waals surface area contributed by atoms with Gasteiger partial charge in [-0.05, 0) is 36.3 Å². The first-order valence-corrected chi connectivity index (χ1v) is 8.05. The van der Waals surface area contributed by atoms with E-state index in [1.54, 1.807) is 0 Å². The number of hydrogen-bond acceptors (Lipinski definition) is 3. The lowest BCUT2D eigenvalue weighted by atomic mass is 9.83. The first-order valence-electron chi connectivity index (χ1n) is 8.05. The van der Waals surface area contributed by atoms with Crippen LogP contribution in [0.5, 0.6) is 0 Å². The van der Waals surface area contributed by atoms with Crippen molar-refractivity contribution in [1.29, 1.82) is 0 Å². The van der Waals surface area contributed by atoms with Gasteiger partial charge >= 0.3 is 0 Å². The Morgan fingerprint density at radius 2 is 1.85 bits per heavy atom. The molecular formula is C17H26N2O. The van der Waals surface area contributed by atoms with Crippen LogP contribution in [0.15, 0.2) is 24.3 Å². The monoisotopic (exact) mass is 274 g/mol. The number of hydrogen-bond donors (Lipinski definition) is 2. The molecule has 1 aliphatic heterocycles. The molecule has 1 fully saturated rings. The fourth-order valence-electron chi connectivity index (χ4n) is 3.86. The first-order chi connectivity index (χ1) is 9.90. The molecule has 110 valence electrons. The second-order valence-corrected chi connectivity index (χ2v) is 6.18. The maximum absolute atomic E-state index is 6.11. The van der Waals surface area contributed by atoms with Crippen LogP contribution in [0.2, 0.25) is 0 Å². The molecule has 3 heteroatoms. The van der Waals surface area contributed by atoms with E-state index in [4.69, 9.17) is 10.6 Å². The molecule has 0 aromatic heterocycles. The van der Waals surface area contributed by atoms with E-state index < -0.39 is 0 Å². The van der Waals surface area contributed by atoms with E-state index in [1.165, 1.54) is 49.7 Å². The van der Waals surface area contributed by atoms with Gasteiger partial charge in [-0.1, -0.05) is 49.9 Å². The van der Waals surface area contributed by atoms with Crippen LogP contribution in [0, 0.1) is 5.92 Å². The SMILES string of the molecule is NNC(C1CCCCCC1)C1OCCc2ccccc21. The van der Waals surface area contributed by atoms with Crippen molar-refractivity contribution in [3.63, 3.8) is 0 Å². The summed E-state index contributed by atoms with van der Waals surface area (Å²) in [5, 5.41) is 0. The average molecular weight is 274 g/mol. The third kappa shape index (κ3) is 2.90. The van der Waals surface area contributed by atoms with Crippen LogP contribution in [-0.2, 0) is 11.2 Å². The van der Waals surface area contributed by atoms with Crippen molar-refractivity contribution in [3.05, 3.63) is 35.4 Å². The number of rotatable bonds is 3. The lowest BCUT2D eigenvalue weighted by molar-refractivity contribution is -0.00259. The van der Waals surface area contributed by atoms with Crippen LogP contribution in [0.3, 0.4) is 0 Å². The van der Waals surface area contributed by atoms with Gasteiger partial charge in [0, 0.05) is 0 Å². The normalized spacial score (nSPS) is 25.8. The first kappa shape index (κ1) is 14.1. The quantitative estimate of drug-likeness (QED) is 0.506. The predicted octanol–water partition coefficient (Wildman–Crippen LogP) is 3.10. The molecule has 1 aliphatic carbocycles. The van der Waals surface area contributed by atoms with E-state index in [9.17, 15) is 0 Å². The molecule has 0 saturated heterocycles. The van der Waals surface area contributed by atoms with E-state index >= 15 is 0 Å². The van der Waals surface area contributed by atoms with Crippen molar-refractivity contribution < 1.29 is 4.74 Å². The van der Waals surface area contributed by atoms with Gasteiger partial charge < -0.3 is 4.74 Å². The summed E-state index contributed by atoms with van der Waals surface area (Å²) in [6, 6.07) is 8.92. The van der Waals surface area contributed by atoms with Gasteiger partial charge in [-0.25, -0.2) is 0 Å². The van der Waals surface area contributed by atoms with E-state index in [-0.39, 0.29) is 12.1 Å². The van der Waals surface area contributed by atoms with E-state index in [2.05, 4.69) is 29.7 Å². The molecule has 0 radical (unpaired) electrons. The van der Waals surface area contributed by atoms with E-state index in [1.807, 2.05) is 0 Å². The van der Waals surface area contributed by atoms with Gasteiger partial charge in [0.05, 0.1) is 18.8 Å². The average Bonchev–Trinajstić information content (AvgIpc) is 2.78. The Hall–Kier alpha value is -0.900. The van der Waals surface area contributed by atoms with Gasteiger partial charge in [0.2, 0.25) is 0 Å². The van der Waals surface area contributed by atoms with E-state index in [0.29, 0.717) is 5.92 Å². The minimum absolute atomic E-state index is 0.119. The van der Waals surface area contributed by atoms with Gasteiger partial charge in [0.25, 0.3) is 0 Å². The second kappa shape index (κ2) is 6.70. The van der Waals surface area contributed by atoms with Gasteiger partial charge in [-0.15, -0.1) is 0 Å². The van der Waals surface area contributed by atoms with Gasteiger partial charge in [-0.3, -0.25) is 11.3 Å². The molecule has 3 N–H and O–H groups in total. The fourth-order valence-corrected chi connectivity index (χ4v) is 3.86. The number of benzene rings is 1. The summed E-state index contributed by atoms with van der Waals surface area (Å²) in [5.74, 6) is 6.55. The van der Waals surface area contributed by atoms with Crippen molar-refractivity contribution in [2.45, 2.75) is 57.1 Å². The van der Waals surface area contributed by atoms with Crippen molar-refractivity contribution in [1.82, 2.24) is 5.43 Å². The number of nitrogens with one attached hydrogen (secondary N) is 1. The zero-order valence-corrected chi connectivity index (χ0v) is 12.2. The topological polar surface area (TPSA) is 47.3 Å². The van der Waals surface area contributed by atoms with Crippen LogP contribution in [0.1, 0.15) is 55.8 Å². The van der Waals surface area contributed by atoms with Crippen molar-refractivity contribution in [2.75, 3.05) is 6.61 Å². The maximum Gasteiger partial charge on any atom is 0.0996 e. The van der Waals surface area contributed by atoms with Crippen LogP contribution in [0.4, 0.5) is 0 Å². The van der Waals surface area contributed by atoms with Crippen molar-refractivity contribution in [3.8, 4) is 0 Å². The molecule has 20 heavy (non-hydrogen) atoms. The summed E-state index contributed by atoms with van der Waals surface area (Å²) in [4.78, 5) is 0. The number of fused-ring (bicyclic) bond motifs is 1. The highest BCUT2D eigenvalue weighted by molar-refractivity contribution is 5.32. The summed E-state index contributed by atoms with van der Waals surface area (Å²) >= 11 is 0. The van der Waals surface area contributed by atoms with Crippen LogP contribution < -0.4 is 11.3 Å². The summed E-state index contributed by atoms with van der Waals surface area (Å²) in [5.41, 5.74) is 5.85. The molecule has 0 amide bonds. The Morgan fingerprint density at radius 1 is 1.10 bits per heavy atom. The molecule has 2 aliphatic rings. The Kier molecular flexibility index (Phi) is 4.71. The molecule has 0 spiro atoms. The third-order valence-corrected chi connectivity index (χ3v) is 4.96. The maximum atomic E-state index is 6.11. The minimum Gasteiger partial charge on any atom is -0.371 e. The van der Waals surface area contributed by atoms with Gasteiger partial charge in [0.1, 0.15) is 0 Å². The third-order valence-electron chi connectivity index (χ3n) is 4.96. The largest absolute Gasteiger partial charge is 0.371 e. The number of nitrogens with two attached hydrogens (primary N) is 1. The molecule has 3 rings (SSSR count). The Labute approximate surface area is 121 Å². The molecule has 3 nitrogen and oxygen atoms in total. The molecule has 0 bridgehead atoms. The van der Waals surface area contributed by atoms with Crippen LogP contribution >= 0.6 is 0 Å². The molecule has 1 saturated carbocycles. The van der Waals surface area contributed by atoms with Gasteiger partial charge in [-0.2, -0.15) is 0 Å². The van der Waals surface area contributed by atoms with E-state index in [0.717, 1.165) is 13.0 Å². The molecule has 1 aromatic carbocycles. The van der Waals surface area contributed by atoms with Crippen LogP contribution in [-0.4, -0.2) is 12.6 Å². The van der Waals surface area contributed by atoms with Crippen LogP contribution in [0.25, 0.3) is 0 Å². The summed E-state index contributed by atoms with van der Waals surface area (Å²) in [7, 11) is 0. The zero-order chi connectivity index (χ0) is 13.8. The summed E-state index contributed by atoms with van der Waals surface area (Å²) in [6.45, 7) is 0.812. The summed E-state index contributed by atoms with van der Waals surface area (Å²) in [6.07, 6.45) is 9.09. The number of hydrazine groups is 1. The second-order valence-electron chi connectivity index (χ2n) is 6.18. The molecule has 2 unspecified atom stereocenters. The minimum atomic E-state index is 0.119. The highest BCUT2D eigenvalue weighted by Gasteiger charge is 2.33. The van der Waals surface area contributed by atoms with Crippen molar-refractivity contribution >= 4 is 0 Å². The standard InChI is InChI=1S/C17H26N2O/c18-19-16(14-8-3-1-2-4-9-14)17-15-10-6-5-7-13(15)11-12-20-17/h5-7,10,14,16-17,19H,1-4,8-9,11-12,18H2. The lowest BCUT2D eigenvalue weighted by Crippen LogP contribution is -2.47. The molecular weight excluding hydrogens is 248 g/mol. The lowest BCUT2D eigenvalue weighted by Gasteiger charge is -2.36. The molecule has 1 aromatic rings. The predicted molar refractivity (Wildman–Crippen MR) is 81.1 cm³/mol. The van der Waals surface area contributed by atoms with Gasteiger partial charge in [0.15, 0.2) is 0 Å². The number of ether oxygens (including phenoxy) is 1. The Bertz CT molecular complexity index is 427. The fraction of sp³-hybridized carbons (Fsp3) is 0.647. The smallest absolute Gasteiger partial charge is 0.0996 e. The zero-order valence-electron chi connectivity index (χ0n) is 12.2. The Balaban J connectivity index is 1.82. The summed E-state index contributed by atoms with van der Waals surface area (Å²) < 4.78 is 6.11. The van der Waals surface area contributed by atoms with Crippen molar-refractivity contribution in [2.24, 2.45) is 11.8 Å². The highest BCUT2D eigenvalue weighted by atomic mass is 16.5.